The van der Waals surface area contributed by atoms with E-state index in [0.29, 0.717) is 25.3 Å². The van der Waals surface area contributed by atoms with Crippen LogP contribution in [0, 0.1) is 5.92 Å². The van der Waals surface area contributed by atoms with Gasteiger partial charge in [0.15, 0.2) is 0 Å². The fourth-order valence-electron chi connectivity index (χ4n) is 4.50. The van der Waals surface area contributed by atoms with Crippen molar-refractivity contribution in [2.75, 3.05) is 37.9 Å². The second-order valence-corrected chi connectivity index (χ2v) is 8.83. The zero-order valence-corrected chi connectivity index (χ0v) is 18.6. The lowest BCUT2D eigenvalue weighted by atomic mass is 10.0. The van der Waals surface area contributed by atoms with E-state index in [1.165, 1.54) is 7.11 Å². The Labute approximate surface area is 186 Å². The number of hydrogen-bond donors (Lipinski definition) is 0. The molecule has 1 aromatic heterocycles. The molecule has 2 saturated heterocycles. The largest absolute Gasteiger partial charge is 0.464 e. The summed E-state index contributed by atoms with van der Waals surface area (Å²) in [5.41, 5.74) is 1.39. The van der Waals surface area contributed by atoms with Crippen LogP contribution in [0.15, 0.2) is 47.5 Å². The third-order valence-corrected chi connectivity index (χ3v) is 6.94. The maximum Gasteiger partial charge on any atom is 0.354 e. The lowest BCUT2D eigenvalue weighted by molar-refractivity contribution is -0.137. The number of hydrogen-bond acceptors (Lipinski definition) is 5. The summed E-state index contributed by atoms with van der Waals surface area (Å²) in [5.74, 6) is -0.601. The van der Waals surface area contributed by atoms with Crippen molar-refractivity contribution in [3.05, 3.63) is 48.3 Å². The molecule has 8 heteroatoms. The summed E-state index contributed by atoms with van der Waals surface area (Å²) < 4.78 is 6.81. The Morgan fingerprint density at radius 2 is 1.81 bits per heavy atom. The molecule has 2 amide bonds. The molecule has 4 rings (SSSR count). The van der Waals surface area contributed by atoms with Gasteiger partial charge in [0.25, 0.3) is 0 Å². The molecule has 3 heterocycles. The Morgan fingerprint density at radius 1 is 1.10 bits per heavy atom. The number of thioether (sulfide) groups is 1. The predicted molar refractivity (Wildman–Crippen MR) is 119 cm³/mol. The maximum atomic E-state index is 13.1. The molecule has 31 heavy (non-hydrogen) atoms. The van der Waals surface area contributed by atoms with Crippen LogP contribution in [0.25, 0.3) is 0 Å². The van der Waals surface area contributed by atoms with Crippen LogP contribution in [0.2, 0.25) is 0 Å². The number of piperidine rings is 1. The molecule has 2 aliphatic heterocycles. The molecule has 7 nitrogen and oxygen atoms in total. The highest BCUT2D eigenvalue weighted by molar-refractivity contribution is 7.98. The van der Waals surface area contributed by atoms with E-state index in [-0.39, 0.29) is 36.2 Å². The molecule has 1 unspecified atom stereocenters. The molecule has 164 valence electrons. The Kier molecular flexibility index (Phi) is 6.36. The number of nitrogens with zero attached hydrogens (tertiary/aromatic N) is 3. The van der Waals surface area contributed by atoms with E-state index in [1.54, 1.807) is 22.7 Å². The van der Waals surface area contributed by atoms with Gasteiger partial charge in [-0.2, -0.15) is 0 Å². The van der Waals surface area contributed by atoms with Crippen molar-refractivity contribution in [3.63, 3.8) is 0 Å². The molecule has 0 bridgehead atoms. The number of rotatable bonds is 5. The molecule has 2 aliphatic rings. The number of amides is 2. The smallest absolute Gasteiger partial charge is 0.354 e. The van der Waals surface area contributed by atoms with Gasteiger partial charge < -0.3 is 19.1 Å². The minimum absolute atomic E-state index is 0.000184. The molecule has 2 fully saturated rings. The molecule has 0 N–H and O–H groups in total. The summed E-state index contributed by atoms with van der Waals surface area (Å²) in [6, 6.07) is 11.6. The van der Waals surface area contributed by atoms with Crippen LogP contribution in [-0.4, -0.2) is 60.3 Å². The van der Waals surface area contributed by atoms with Crippen LogP contribution in [0.5, 0.6) is 0 Å². The van der Waals surface area contributed by atoms with Gasteiger partial charge in [0.05, 0.1) is 13.0 Å². The second-order valence-electron chi connectivity index (χ2n) is 7.95. The normalized spacial score (nSPS) is 19.7. The summed E-state index contributed by atoms with van der Waals surface area (Å²) in [4.78, 5) is 42.4. The number of benzene rings is 1. The fraction of sp³-hybridized carbons (Fsp3) is 0.435. The van der Waals surface area contributed by atoms with E-state index in [9.17, 15) is 14.4 Å². The van der Waals surface area contributed by atoms with Crippen LogP contribution in [0.1, 0.15) is 35.8 Å². The summed E-state index contributed by atoms with van der Waals surface area (Å²) in [6.07, 6.45) is 5.70. The first kappa shape index (κ1) is 21.5. The van der Waals surface area contributed by atoms with Gasteiger partial charge in [-0.05, 0) is 55.5 Å². The van der Waals surface area contributed by atoms with Crippen LogP contribution < -0.4 is 4.90 Å². The Balaban J connectivity index is 1.36. The number of aromatic nitrogens is 1. The highest BCUT2D eigenvalue weighted by Gasteiger charge is 2.38. The summed E-state index contributed by atoms with van der Waals surface area (Å²) in [7, 11) is 1.38. The first-order valence-electron chi connectivity index (χ1n) is 10.5. The number of esters is 1. The molecule has 1 aromatic carbocycles. The highest BCUT2D eigenvalue weighted by atomic mass is 32.2. The zero-order chi connectivity index (χ0) is 22.0. The quantitative estimate of drug-likeness (QED) is 0.526. The molecular weight excluding hydrogens is 414 g/mol. The third-order valence-electron chi connectivity index (χ3n) is 6.20. The van der Waals surface area contributed by atoms with Crippen molar-refractivity contribution in [3.8, 4) is 0 Å². The number of carbonyl (C=O) groups excluding carboxylic acids is 3. The number of methoxy groups -OCH3 is 1. The van der Waals surface area contributed by atoms with Gasteiger partial charge in [-0.1, -0.05) is 0 Å². The lowest BCUT2D eigenvalue weighted by Gasteiger charge is -2.34. The molecule has 1 atom stereocenters. The van der Waals surface area contributed by atoms with Crippen molar-refractivity contribution in [1.82, 2.24) is 9.47 Å². The number of likely N-dealkylation sites (tertiary alicyclic amines) is 1. The predicted octanol–water partition coefficient (Wildman–Crippen LogP) is 3.21. The topological polar surface area (TPSA) is 71.8 Å². The van der Waals surface area contributed by atoms with E-state index in [1.807, 2.05) is 52.3 Å². The minimum Gasteiger partial charge on any atom is -0.464 e. The van der Waals surface area contributed by atoms with Crippen molar-refractivity contribution >= 4 is 35.2 Å². The monoisotopic (exact) mass is 441 g/mol. The van der Waals surface area contributed by atoms with Gasteiger partial charge in [-0.25, -0.2) is 4.79 Å². The third kappa shape index (κ3) is 4.35. The highest BCUT2D eigenvalue weighted by Crippen LogP contribution is 2.30. The zero-order valence-electron chi connectivity index (χ0n) is 17.8. The Morgan fingerprint density at radius 3 is 2.45 bits per heavy atom. The summed E-state index contributed by atoms with van der Waals surface area (Å²) >= 11 is 1.66. The van der Waals surface area contributed by atoms with Crippen LogP contribution in [0.4, 0.5) is 5.69 Å². The van der Waals surface area contributed by atoms with Gasteiger partial charge >= 0.3 is 5.97 Å². The van der Waals surface area contributed by atoms with Crippen molar-refractivity contribution in [2.24, 2.45) is 5.92 Å². The standard InChI is InChI=1S/C23H27N3O4S/c1-30-23(29)20-4-3-11-25(20)18-9-12-24(13-10-18)22(28)16-14-21(27)26(15-16)17-5-7-19(31-2)8-6-17/h3-8,11,16,18H,9-10,12-15H2,1-2H3. The maximum absolute atomic E-state index is 13.1. The molecule has 0 radical (unpaired) electrons. The molecule has 2 aromatic rings. The fourth-order valence-corrected chi connectivity index (χ4v) is 4.91. The van der Waals surface area contributed by atoms with Crippen molar-refractivity contribution in [2.45, 2.75) is 30.2 Å². The number of carbonyl (C=O) groups is 3. The van der Waals surface area contributed by atoms with Gasteiger partial charge in [0.1, 0.15) is 5.69 Å². The van der Waals surface area contributed by atoms with Crippen molar-refractivity contribution in [1.29, 1.82) is 0 Å². The van der Waals surface area contributed by atoms with Crippen LogP contribution >= 0.6 is 11.8 Å². The molecule has 0 aliphatic carbocycles. The van der Waals surface area contributed by atoms with Gasteiger partial charge in [0, 0.05) is 48.9 Å². The first-order valence-corrected chi connectivity index (χ1v) is 11.7. The lowest BCUT2D eigenvalue weighted by Crippen LogP contribution is -2.43. The number of ether oxygens (including phenoxy) is 1. The van der Waals surface area contributed by atoms with Crippen LogP contribution in [0.3, 0.4) is 0 Å². The van der Waals surface area contributed by atoms with Crippen molar-refractivity contribution < 1.29 is 19.1 Å². The average Bonchev–Trinajstić information content (AvgIpc) is 3.45. The van der Waals surface area contributed by atoms with E-state index in [4.69, 9.17) is 4.74 Å². The van der Waals surface area contributed by atoms with Gasteiger partial charge in [-0.15, -0.1) is 11.8 Å². The average molecular weight is 442 g/mol. The first-order chi connectivity index (χ1) is 15.0. The summed E-state index contributed by atoms with van der Waals surface area (Å²) in [6.45, 7) is 1.67. The second kappa shape index (κ2) is 9.18. The Hall–Kier alpha value is -2.74. The van der Waals surface area contributed by atoms with Gasteiger partial charge in [-0.3, -0.25) is 9.59 Å². The minimum atomic E-state index is -0.348. The molecule has 0 saturated carbocycles. The van der Waals surface area contributed by atoms with E-state index >= 15 is 0 Å². The van der Waals surface area contributed by atoms with Crippen LogP contribution in [-0.2, 0) is 14.3 Å². The summed E-state index contributed by atoms with van der Waals surface area (Å²) in [5, 5.41) is 0. The molecular formula is C23H27N3O4S. The SMILES string of the molecule is COC(=O)c1cccn1C1CCN(C(=O)C2CC(=O)N(c3ccc(SC)cc3)C2)CC1. The van der Waals surface area contributed by atoms with E-state index in [0.717, 1.165) is 23.4 Å². The van der Waals surface area contributed by atoms with E-state index in [2.05, 4.69) is 0 Å². The van der Waals surface area contributed by atoms with E-state index < -0.39 is 0 Å². The number of anilines is 1. The Bertz CT molecular complexity index is 963. The molecule has 0 spiro atoms. The van der Waals surface area contributed by atoms with Gasteiger partial charge in [0.2, 0.25) is 11.8 Å².